The smallest absolute Gasteiger partial charge is 0.171 e. The third-order valence-corrected chi connectivity index (χ3v) is 6.43. The van der Waals surface area contributed by atoms with Crippen LogP contribution < -0.4 is 0 Å². The van der Waals surface area contributed by atoms with Crippen molar-refractivity contribution in [2.24, 2.45) is 0 Å². The Labute approximate surface area is 84.7 Å². The molecule has 0 aromatic carbocycles. The van der Waals surface area contributed by atoms with Gasteiger partial charge in [0.2, 0.25) is 0 Å². The summed E-state index contributed by atoms with van der Waals surface area (Å²) in [6.45, 7) is 0. The molecular weight excluding hydrogens is 254 g/mol. The highest BCUT2D eigenvalue weighted by Crippen LogP contribution is 2.43. The fourth-order valence-corrected chi connectivity index (χ4v) is 4.76. The maximum atomic E-state index is 11.0. The molecule has 11 heavy (non-hydrogen) atoms. The first-order chi connectivity index (χ1) is 4.77. The average Bonchev–Trinajstić information content (AvgIpc) is 1.91. The maximum Gasteiger partial charge on any atom is 0.171 e. The Morgan fingerprint density at radius 2 is 1.73 bits per heavy atom. The molecule has 1 aliphatic rings. The zero-order chi connectivity index (χ0) is 8.86. The molecule has 1 rings (SSSR count). The molecule has 1 fully saturated rings. The van der Waals surface area contributed by atoms with Crippen LogP contribution >= 0.6 is 46.4 Å². The van der Waals surface area contributed by atoms with Gasteiger partial charge in [-0.05, 0) is 0 Å². The SMILES string of the molecule is O=S1(=O)CC(Cl)(Cl)C(Cl)C1Cl. The van der Waals surface area contributed by atoms with Crippen LogP contribution in [0.15, 0.2) is 0 Å². The lowest BCUT2D eigenvalue weighted by Gasteiger charge is -2.13. The molecule has 0 N–H and O–H groups in total. The molecule has 0 amide bonds. The number of sulfone groups is 1. The number of rotatable bonds is 0. The highest BCUT2D eigenvalue weighted by atomic mass is 35.5. The molecule has 2 atom stereocenters. The lowest BCUT2D eigenvalue weighted by molar-refractivity contribution is 0.600. The van der Waals surface area contributed by atoms with Crippen molar-refractivity contribution in [3.05, 3.63) is 0 Å². The summed E-state index contributed by atoms with van der Waals surface area (Å²) in [5, 5.41) is -0.947. The molecular formula is C4H4Cl4O2S. The Bertz CT molecular complexity index is 259. The van der Waals surface area contributed by atoms with Crippen molar-refractivity contribution in [1.29, 1.82) is 0 Å². The summed E-state index contributed by atoms with van der Waals surface area (Å²) in [4.78, 5) is 0. The van der Waals surface area contributed by atoms with Crippen LogP contribution in [0.5, 0.6) is 0 Å². The van der Waals surface area contributed by atoms with Crippen LogP contribution in [0.25, 0.3) is 0 Å². The van der Waals surface area contributed by atoms with E-state index in [9.17, 15) is 8.42 Å². The van der Waals surface area contributed by atoms with Crippen molar-refractivity contribution in [2.45, 2.75) is 14.4 Å². The molecule has 1 aliphatic heterocycles. The summed E-state index contributed by atoms with van der Waals surface area (Å²) in [6.07, 6.45) is 0. The van der Waals surface area contributed by atoms with Crippen LogP contribution in [-0.4, -0.2) is 28.6 Å². The lowest BCUT2D eigenvalue weighted by Crippen LogP contribution is -2.26. The van der Waals surface area contributed by atoms with Crippen LogP contribution in [0.3, 0.4) is 0 Å². The van der Waals surface area contributed by atoms with E-state index in [0.29, 0.717) is 0 Å². The van der Waals surface area contributed by atoms with Crippen molar-refractivity contribution >= 4 is 56.2 Å². The molecule has 0 bridgehead atoms. The molecule has 66 valence electrons. The van der Waals surface area contributed by atoms with Gasteiger partial charge in [0.05, 0.1) is 11.1 Å². The Balaban J connectivity index is 3.06. The topological polar surface area (TPSA) is 34.1 Å². The zero-order valence-electron chi connectivity index (χ0n) is 5.10. The molecule has 1 heterocycles. The number of halogens is 4. The molecule has 0 radical (unpaired) electrons. The second-order valence-electron chi connectivity index (χ2n) is 2.32. The first kappa shape index (κ1) is 10.2. The second kappa shape index (κ2) is 2.81. The highest BCUT2D eigenvalue weighted by molar-refractivity contribution is 7.94. The average molecular weight is 258 g/mol. The van der Waals surface area contributed by atoms with E-state index < -0.39 is 24.3 Å². The van der Waals surface area contributed by atoms with Gasteiger partial charge in [0.1, 0.15) is 0 Å². The minimum atomic E-state index is -3.41. The van der Waals surface area contributed by atoms with Gasteiger partial charge in [-0.2, -0.15) is 0 Å². The summed E-state index contributed by atoms with van der Waals surface area (Å²) in [5.41, 5.74) is 0. The van der Waals surface area contributed by atoms with E-state index in [1.807, 2.05) is 0 Å². The van der Waals surface area contributed by atoms with Crippen LogP contribution in [-0.2, 0) is 9.84 Å². The van der Waals surface area contributed by atoms with E-state index >= 15 is 0 Å². The summed E-state index contributed by atoms with van der Waals surface area (Å²) in [6, 6.07) is 0. The van der Waals surface area contributed by atoms with Gasteiger partial charge in [-0.3, -0.25) is 0 Å². The third kappa shape index (κ3) is 1.73. The predicted octanol–water partition coefficient (Wildman–Crippen LogP) is 1.76. The van der Waals surface area contributed by atoms with E-state index in [4.69, 9.17) is 46.4 Å². The van der Waals surface area contributed by atoms with Gasteiger partial charge in [0.25, 0.3) is 0 Å². The summed E-state index contributed by atoms with van der Waals surface area (Å²) in [7, 11) is -3.41. The molecule has 0 aromatic rings. The lowest BCUT2D eigenvalue weighted by atomic mass is 10.3. The standard InChI is InChI=1S/C4H4Cl4O2S/c5-2-3(6)11(9,10)1-4(2,7)8/h2-3H,1H2. The molecule has 2 nitrogen and oxygen atoms in total. The minimum absolute atomic E-state index is 0.383. The van der Waals surface area contributed by atoms with Crippen molar-refractivity contribution in [3.8, 4) is 0 Å². The van der Waals surface area contributed by atoms with Gasteiger partial charge >= 0.3 is 0 Å². The van der Waals surface area contributed by atoms with Gasteiger partial charge in [0.15, 0.2) is 18.9 Å². The number of hydrogen-bond donors (Lipinski definition) is 0. The van der Waals surface area contributed by atoms with E-state index in [1.54, 1.807) is 0 Å². The molecule has 0 saturated carbocycles. The second-order valence-corrected chi connectivity index (χ2v) is 7.18. The van der Waals surface area contributed by atoms with Gasteiger partial charge in [-0.25, -0.2) is 8.42 Å². The summed E-state index contributed by atoms with van der Waals surface area (Å²) >= 11 is 22.1. The molecule has 0 aromatic heterocycles. The maximum absolute atomic E-state index is 11.0. The first-order valence-corrected chi connectivity index (χ1v) is 5.99. The van der Waals surface area contributed by atoms with Crippen LogP contribution in [0.1, 0.15) is 0 Å². The van der Waals surface area contributed by atoms with Crippen LogP contribution in [0.2, 0.25) is 0 Å². The molecule has 1 saturated heterocycles. The number of hydrogen-bond acceptors (Lipinski definition) is 2. The monoisotopic (exact) mass is 256 g/mol. The third-order valence-electron chi connectivity index (χ3n) is 1.37. The molecule has 0 aliphatic carbocycles. The van der Waals surface area contributed by atoms with E-state index in [1.165, 1.54) is 0 Å². The molecule has 0 spiro atoms. The van der Waals surface area contributed by atoms with Gasteiger partial charge in [-0.1, -0.05) is 23.2 Å². The van der Waals surface area contributed by atoms with Gasteiger partial charge in [0, 0.05) is 0 Å². The van der Waals surface area contributed by atoms with E-state index in [2.05, 4.69) is 0 Å². The van der Waals surface area contributed by atoms with Crippen molar-refractivity contribution in [1.82, 2.24) is 0 Å². The highest BCUT2D eigenvalue weighted by Gasteiger charge is 2.54. The first-order valence-electron chi connectivity index (χ1n) is 2.65. The summed E-state index contributed by atoms with van der Waals surface area (Å²) in [5.74, 6) is -0.383. The Hall–Kier alpha value is 1.11. The largest absolute Gasteiger partial charge is 0.227 e. The Morgan fingerprint density at radius 3 is 1.82 bits per heavy atom. The van der Waals surface area contributed by atoms with Crippen molar-refractivity contribution < 1.29 is 8.42 Å². The number of alkyl halides is 4. The Morgan fingerprint density at radius 1 is 1.27 bits per heavy atom. The normalized spacial score (nSPS) is 40.7. The van der Waals surface area contributed by atoms with E-state index in [-0.39, 0.29) is 5.75 Å². The summed E-state index contributed by atoms with van der Waals surface area (Å²) < 4.78 is 19.4. The van der Waals surface area contributed by atoms with Gasteiger partial charge < -0.3 is 0 Å². The van der Waals surface area contributed by atoms with Crippen LogP contribution in [0.4, 0.5) is 0 Å². The fourth-order valence-electron chi connectivity index (χ4n) is 0.801. The van der Waals surface area contributed by atoms with Gasteiger partial charge in [-0.15, -0.1) is 23.2 Å². The Kier molecular flexibility index (Phi) is 2.60. The zero-order valence-corrected chi connectivity index (χ0v) is 8.94. The van der Waals surface area contributed by atoms with Crippen molar-refractivity contribution in [3.63, 3.8) is 0 Å². The minimum Gasteiger partial charge on any atom is -0.227 e. The van der Waals surface area contributed by atoms with Crippen LogP contribution in [0, 0.1) is 0 Å². The molecule has 2 unspecified atom stereocenters. The van der Waals surface area contributed by atoms with Crippen molar-refractivity contribution in [2.75, 3.05) is 5.75 Å². The van der Waals surface area contributed by atoms with E-state index in [0.717, 1.165) is 0 Å². The molecule has 7 heteroatoms. The quantitative estimate of drug-likeness (QED) is 0.620. The fraction of sp³-hybridized carbons (Fsp3) is 1.00. The predicted molar refractivity (Wildman–Crippen MR) is 47.5 cm³/mol.